The van der Waals surface area contributed by atoms with Crippen LogP contribution < -0.4 is 10.6 Å². The average molecular weight is 323 g/mol. The number of nitrogens with two attached hydrogens (primary N) is 1. The van der Waals surface area contributed by atoms with Gasteiger partial charge in [0.15, 0.2) is 0 Å². The molecule has 6 heteroatoms. The minimum Gasteiger partial charge on any atom is -0.397 e. The summed E-state index contributed by atoms with van der Waals surface area (Å²) in [5.74, 6) is 1.13. The van der Waals surface area contributed by atoms with Gasteiger partial charge in [0.1, 0.15) is 0 Å². The molecule has 0 atom stereocenters. The van der Waals surface area contributed by atoms with Gasteiger partial charge >= 0.3 is 0 Å². The molecule has 1 saturated heterocycles. The van der Waals surface area contributed by atoms with Gasteiger partial charge in [-0.3, -0.25) is 0 Å². The maximum absolute atomic E-state index is 6.01. The fourth-order valence-corrected chi connectivity index (χ4v) is 2.64. The normalized spacial score (nSPS) is 15.7. The van der Waals surface area contributed by atoms with Crippen LogP contribution in [-0.4, -0.2) is 23.2 Å². The maximum Gasteiger partial charge on any atom is 0.266 e. The van der Waals surface area contributed by atoms with Crippen molar-refractivity contribution in [2.75, 3.05) is 23.7 Å². The Kier molecular flexibility index (Phi) is 3.42. The third-order valence-electron chi connectivity index (χ3n) is 3.34. The molecule has 1 aromatic heterocycles. The summed E-state index contributed by atoms with van der Waals surface area (Å²) in [7, 11) is 0. The van der Waals surface area contributed by atoms with Crippen molar-refractivity contribution in [2.24, 2.45) is 0 Å². The van der Waals surface area contributed by atoms with Gasteiger partial charge in [0.05, 0.1) is 11.3 Å². The molecule has 1 fully saturated rings. The number of hydrogen-bond acceptors (Lipinski definition) is 5. The quantitative estimate of drug-likeness (QED) is 0.860. The van der Waals surface area contributed by atoms with Crippen molar-refractivity contribution in [1.82, 2.24) is 10.1 Å². The zero-order chi connectivity index (χ0) is 13.2. The lowest BCUT2D eigenvalue weighted by Gasteiger charge is -2.24. The minimum absolute atomic E-state index is 0.472. The highest BCUT2D eigenvalue weighted by Crippen LogP contribution is 2.31. The van der Waals surface area contributed by atoms with E-state index in [2.05, 4.69) is 31.0 Å². The van der Waals surface area contributed by atoms with Crippen LogP contribution in [0.3, 0.4) is 0 Å². The minimum atomic E-state index is 0.472. The largest absolute Gasteiger partial charge is 0.397 e. The van der Waals surface area contributed by atoms with Crippen molar-refractivity contribution >= 4 is 27.6 Å². The lowest BCUT2D eigenvalue weighted by molar-refractivity contribution is 0.426. The number of aromatic nitrogens is 2. The fraction of sp³-hybridized carbons (Fsp3) is 0.385. The van der Waals surface area contributed by atoms with Crippen LogP contribution in [0.15, 0.2) is 27.2 Å². The first kappa shape index (κ1) is 12.5. The summed E-state index contributed by atoms with van der Waals surface area (Å²) in [5.41, 5.74) is 7.40. The molecule has 0 amide bonds. The number of piperidine rings is 1. The summed E-state index contributed by atoms with van der Waals surface area (Å²) in [6.45, 7) is 1.99. The highest BCUT2D eigenvalue weighted by atomic mass is 79.9. The van der Waals surface area contributed by atoms with E-state index in [0.29, 0.717) is 17.5 Å². The van der Waals surface area contributed by atoms with Crippen LogP contribution in [0.5, 0.6) is 0 Å². The molecule has 1 aliphatic rings. The third-order valence-corrected chi connectivity index (χ3v) is 4.03. The zero-order valence-corrected chi connectivity index (χ0v) is 12.1. The highest BCUT2D eigenvalue weighted by molar-refractivity contribution is 9.10. The highest BCUT2D eigenvalue weighted by Gasteiger charge is 2.18. The van der Waals surface area contributed by atoms with Crippen molar-refractivity contribution in [3.8, 4) is 11.5 Å². The third kappa shape index (κ3) is 2.45. The molecular weight excluding hydrogens is 308 g/mol. The molecule has 1 aliphatic heterocycles. The number of halogens is 1. The van der Waals surface area contributed by atoms with Gasteiger partial charge < -0.3 is 15.2 Å². The topological polar surface area (TPSA) is 68.2 Å². The van der Waals surface area contributed by atoms with Gasteiger partial charge in [-0.05, 0) is 52.5 Å². The standard InChI is InChI=1S/C13H15BrN4O/c14-10-6-4-5-9(11(10)15)12-16-13(17-19-12)18-7-2-1-3-8-18/h4-6H,1-3,7-8,15H2. The summed E-state index contributed by atoms with van der Waals surface area (Å²) in [6, 6.07) is 5.68. The van der Waals surface area contributed by atoms with Gasteiger partial charge in [0.2, 0.25) is 0 Å². The van der Waals surface area contributed by atoms with E-state index < -0.39 is 0 Å². The van der Waals surface area contributed by atoms with E-state index in [1.165, 1.54) is 19.3 Å². The molecule has 2 aromatic rings. The molecule has 3 rings (SSSR count). The molecule has 0 spiro atoms. The fourth-order valence-electron chi connectivity index (χ4n) is 2.27. The zero-order valence-electron chi connectivity index (χ0n) is 10.5. The second kappa shape index (κ2) is 5.21. The van der Waals surface area contributed by atoms with E-state index >= 15 is 0 Å². The molecule has 0 saturated carbocycles. The summed E-state index contributed by atoms with van der Waals surface area (Å²) < 4.78 is 6.17. The molecule has 2 heterocycles. The molecule has 0 aliphatic carbocycles. The molecular formula is C13H15BrN4O. The van der Waals surface area contributed by atoms with Gasteiger partial charge in [-0.15, -0.1) is 0 Å². The average Bonchev–Trinajstić information content (AvgIpc) is 2.92. The SMILES string of the molecule is Nc1c(Br)cccc1-c1nc(N2CCCCC2)no1. The summed E-state index contributed by atoms with van der Waals surface area (Å²) in [6.07, 6.45) is 3.64. The van der Waals surface area contributed by atoms with Crippen molar-refractivity contribution in [3.05, 3.63) is 22.7 Å². The van der Waals surface area contributed by atoms with Gasteiger partial charge in [0, 0.05) is 17.6 Å². The number of anilines is 2. The Morgan fingerprint density at radius 1 is 1.21 bits per heavy atom. The first-order valence-corrected chi connectivity index (χ1v) is 7.18. The first-order valence-electron chi connectivity index (χ1n) is 6.39. The molecule has 0 radical (unpaired) electrons. The van der Waals surface area contributed by atoms with E-state index in [1.807, 2.05) is 18.2 Å². The summed E-state index contributed by atoms with van der Waals surface area (Å²) in [5, 5.41) is 4.06. The number of benzene rings is 1. The molecule has 1 aromatic carbocycles. The van der Waals surface area contributed by atoms with Gasteiger partial charge in [-0.2, -0.15) is 4.98 Å². The summed E-state index contributed by atoms with van der Waals surface area (Å²) >= 11 is 3.40. The van der Waals surface area contributed by atoms with Crippen molar-refractivity contribution < 1.29 is 4.52 Å². The van der Waals surface area contributed by atoms with Crippen LogP contribution in [0.2, 0.25) is 0 Å². The van der Waals surface area contributed by atoms with Gasteiger partial charge in [-0.1, -0.05) is 6.07 Å². The van der Waals surface area contributed by atoms with Gasteiger partial charge in [-0.25, -0.2) is 0 Å². The van der Waals surface area contributed by atoms with Crippen molar-refractivity contribution in [1.29, 1.82) is 0 Å². The number of hydrogen-bond donors (Lipinski definition) is 1. The van der Waals surface area contributed by atoms with Crippen LogP contribution in [-0.2, 0) is 0 Å². The van der Waals surface area contributed by atoms with Crippen molar-refractivity contribution in [2.45, 2.75) is 19.3 Å². The van der Waals surface area contributed by atoms with Crippen LogP contribution >= 0.6 is 15.9 Å². The van der Waals surface area contributed by atoms with E-state index in [1.54, 1.807) is 0 Å². The first-order chi connectivity index (χ1) is 9.25. The molecule has 5 nitrogen and oxygen atoms in total. The van der Waals surface area contributed by atoms with E-state index in [4.69, 9.17) is 10.3 Å². The van der Waals surface area contributed by atoms with Crippen LogP contribution in [0.25, 0.3) is 11.5 Å². The Bertz CT molecular complexity index is 578. The second-order valence-corrected chi connectivity index (χ2v) is 5.50. The Morgan fingerprint density at radius 2 is 2.00 bits per heavy atom. The van der Waals surface area contributed by atoms with Crippen molar-refractivity contribution in [3.63, 3.8) is 0 Å². The molecule has 0 unspecified atom stereocenters. The van der Waals surface area contributed by atoms with Gasteiger partial charge in [0.25, 0.3) is 11.8 Å². The molecule has 19 heavy (non-hydrogen) atoms. The van der Waals surface area contributed by atoms with Crippen LogP contribution in [0.1, 0.15) is 19.3 Å². The molecule has 0 bridgehead atoms. The van der Waals surface area contributed by atoms with E-state index in [9.17, 15) is 0 Å². The number of para-hydroxylation sites is 1. The second-order valence-electron chi connectivity index (χ2n) is 4.65. The Hall–Kier alpha value is -1.56. The smallest absolute Gasteiger partial charge is 0.266 e. The van der Waals surface area contributed by atoms with Crippen LogP contribution in [0.4, 0.5) is 11.6 Å². The summed E-state index contributed by atoms with van der Waals surface area (Å²) in [4.78, 5) is 6.61. The number of nitrogens with zero attached hydrogens (tertiary/aromatic N) is 3. The monoisotopic (exact) mass is 322 g/mol. The number of nitrogen functional groups attached to an aromatic ring is 1. The molecule has 100 valence electrons. The van der Waals surface area contributed by atoms with E-state index in [0.717, 1.165) is 23.1 Å². The Labute approximate surface area is 119 Å². The maximum atomic E-state index is 6.01. The van der Waals surface area contributed by atoms with Crippen LogP contribution in [0, 0.1) is 0 Å². The predicted octanol–water partition coefficient (Wildman–Crippen LogP) is 3.07. The lowest BCUT2D eigenvalue weighted by Crippen LogP contribution is -2.30. The lowest BCUT2D eigenvalue weighted by atomic mass is 10.1. The van der Waals surface area contributed by atoms with E-state index in [-0.39, 0.29) is 0 Å². The molecule has 2 N–H and O–H groups in total. The number of rotatable bonds is 2. The predicted molar refractivity (Wildman–Crippen MR) is 77.9 cm³/mol. The Morgan fingerprint density at radius 3 is 2.79 bits per heavy atom. The Balaban J connectivity index is 1.90.